The number of likely N-dealkylation sites (N-methyl/N-ethyl adjacent to an activating group) is 1. The highest BCUT2D eigenvalue weighted by Gasteiger charge is 2.24. The van der Waals surface area contributed by atoms with Gasteiger partial charge in [0.15, 0.2) is 0 Å². The van der Waals surface area contributed by atoms with Crippen molar-refractivity contribution in [1.29, 1.82) is 5.26 Å². The summed E-state index contributed by atoms with van der Waals surface area (Å²) in [4.78, 5) is 4.58. The molecule has 1 fully saturated rings. The summed E-state index contributed by atoms with van der Waals surface area (Å²) in [5, 5.41) is 8.50. The molecule has 0 radical (unpaired) electrons. The van der Waals surface area contributed by atoms with Crippen LogP contribution in [-0.2, 0) is 0 Å². The molecule has 1 heterocycles. The third-order valence-corrected chi connectivity index (χ3v) is 2.66. The van der Waals surface area contributed by atoms with E-state index >= 15 is 0 Å². The maximum atomic E-state index is 8.50. The Morgan fingerprint density at radius 2 is 2.42 bits per heavy atom. The fraction of sp³-hybridized carbons (Fsp3) is 0.889. The van der Waals surface area contributed by atoms with Gasteiger partial charge in [0.2, 0.25) is 0 Å². The van der Waals surface area contributed by atoms with Gasteiger partial charge in [-0.05, 0) is 20.0 Å². The zero-order valence-corrected chi connectivity index (χ0v) is 7.95. The van der Waals surface area contributed by atoms with Gasteiger partial charge in [-0.25, -0.2) is 0 Å². The first-order valence-electron chi connectivity index (χ1n) is 4.57. The molecular formula is C9H17N3. The van der Waals surface area contributed by atoms with Crippen molar-refractivity contribution in [2.45, 2.75) is 19.4 Å². The van der Waals surface area contributed by atoms with Crippen molar-refractivity contribution in [2.75, 3.05) is 33.2 Å². The number of likely N-dealkylation sites (tertiary alicyclic amines) is 1. The largest absolute Gasteiger partial charge is 0.302 e. The maximum absolute atomic E-state index is 8.50. The Kier molecular flexibility index (Phi) is 3.51. The molecule has 1 rings (SSSR count). The van der Waals surface area contributed by atoms with Crippen molar-refractivity contribution < 1.29 is 0 Å². The molecule has 0 aromatic rings. The highest BCUT2D eigenvalue weighted by molar-refractivity contribution is 4.86. The van der Waals surface area contributed by atoms with Crippen LogP contribution in [0.15, 0.2) is 0 Å². The molecule has 12 heavy (non-hydrogen) atoms. The first-order chi connectivity index (χ1) is 5.77. The number of rotatable bonds is 3. The second-order valence-electron chi connectivity index (χ2n) is 3.41. The van der Waals surface area contributed by atoms with Crippen molar-refractivity contribution in [3.05, 3.63) is 0 Å². The lowest BCUT2D eigenvalue weighted by atomic mass is 10.2. The van der Waals surface area contributed by atoms with Crippen LogP contribution in [-0.4, -0.2) is 49.1 Å². The van der Waals surface area contributed by atoms with Gasteiger partial charge < -0.3 is 4.90 Å². The molecule has 0 aromatic carbocycles. The van der Waals surface area contributed by atoms with Crippen LogP contribution in [0.1, 0.15) is 13.3 Å². The third-order valence-electron chi connectivity index (χ3n) is 2.66. The van der Waals surface area contributed by atoms with E-state index in [1.54, 1.807) is 0 Å². The molecule has 1 aliphatic heterocycles. The Labute approximate surface area is 74.6 Å². The van der Waals surface area contributed by atoms with Crippen LogP contribution in [0.4, 0.5) is 0 Å². The van der Waals surface area contributed by atoms with Crippen LogP contribution in [0, 0.1) is 11.3 Å². The molecule has 3 heteroatoms. The van der Waals surface area contributed by atoms with E-state index in [0.717, 1.165) is 19.6 Å². The van der Waals surface area contributed by atoms with Crippen molar-refractivity contribution in [3.63, 3.8) is 0 Å². The van der Waals surface area contributed by atoms with Gasteiger partial charge >= 0.3 is 0 Å². The van der Waals surface area contributed by atoms with Gasteiger partial charge in [-0.2, -0.15) is 5.26 Å². The van der Waals surface area contributed by atoms with Crippen LogP contribution in [0.25, 0.3) is 0 Å². The van der Waals surface area contributed by atoms with E-state index in [0.29, 0.717) is 12.6 Å². The Morgan fingerprint density at radius 1 is 1.67 bits per heavy atom. The van der Waals surface area contributed by atoms with Crippen LogP contribution in [0.5, 0.6) is 0 Å². The number of hydrogen-bond acceptors (Lipinski definition) is 3. The predicted molar refractivity (Wildman–Crippen MR) is 48.8 cm³/mol. The minimum Gasteiger partial charge on any atom is -0.302 e. The Balaban J connectivity index is 2.31. The third kappa shape index (κ3) is 2.20. The van der Waals surface area contributed by atoms with Gasteiger partial charge in [0.1, 0.15) is 0 Å². The van der Waals surface area contributed by atoms with Crippen LogP contribution in [0.2, 0.25) is 0 Å². The highest BCUT2D eigenvalue weighted by atomic mass is 15.2. The first kappa shape index (κ1) is 9.50. The Hall–Kier alpha value is -0.590. The predicted octanol–water partition coefficient (Wildman–Crippen LogP) is 0.536. The van der Waals surface area contributed by atoms with E-state index in [1.807, 2.05) is 0 Å². The molecule has 1 unspecified atom stereocenters. The van der Waals surface area contributed by atoms with Crippen LogP contribution in [0.3, 0.4) is 0 Å². The zero-order valence-electron chi connectivity index (χ0n) is 7.95. The quantitative estimate of drug-likeness (QED) is 0.575. The maximum Gasteiger partial charge on any atom is 0.0866 e. The SMILES string of the molecule is CCN(C)C1CCN(CC#N)C1. The van der Waals surface area contributed by atoms with Gasteiger partial charge in [0, 0.05) is 19.1 Å². The smallest absolute Gasteiger partial charge is 0.0866 e. The van der Waals surface area contributed by atoms with Gasteiger partial charge in [-0.1, -0.05) is 6.92 Å². The van der Waals surface area contributed by atoms with E-state index < -0.39 is 0 Å². The summed E-state index contributed by atoms with van der Waals surface area (Å²) < 4.78 is 0. The highest BCUT2D eigenvalue weighted by Crippen LogP contribution is 2.12. The molecule has 1 atom stereocenters. The van der Waals surface area contributed by atoms with Gasteiger partial charge in [0.05, 0.1) is 12.6 Å². The summed E-state index contributed by atoms with van der Waals surface area (Å²) in [5.41, 5.74) is 0. The molecule has 0 aliphatic carbocycles. The first-order valence-corrected chi connectivity index (χ1v) is 4.57. The molecule has 3 nitrogen and oxygen atoms in total. The zero-order chi connectivity index (χ0) is 8.97. The lowest BCUT2D eigenvalue weighted by molar-refractivity contribution is 0.248. The van der Waals surface area contributed by atoms with E-state index in [-0.39, 0.29) is 0 Å². The molecule has 68 valence electrons. The van der Waals surface area contributed by atoms with Gasteiger partial charge in [-0.3, -0.25) is 4.90 Å². The number of hydrogen-bond donors (Lipinski definition) is 0. The molecule has 0 N–H and O–H groups in total. The normalized spacial score (nSPS) is 24.7. The molecule has 0 saturated carbocycles. The molecule has 0 amide bonds. The fourth-order valence-electron chi connectivity index (χ4n) is 1.67. The summed E-state index contributed by atoms with van der Waals surface area (Å²) in [6.07, 6.45) is 1.21. The second-order valence-corrected chi connectivity index (χ2v) is 3.41. The molecule has 0 spiro atoms. The summed E-state index contributed by atoms with van der Waals surface area (Å²) >= 11 is 0. The van der Waals surface area contributed by atoms with Crippen LogP contribution < -0.4 is 0 Å². The second kappa shape index (κ2) is 4.44. The summed E-state index contributed by atoms with van der Waals surface area (Å²) in [7, 11) is 2.15. The fourth-order valence-corrected chi connectivity index (χ4v) is 1.67. The molecular weight excluding hydrogens is 150 g/mol. The minimum atomic E-state index is 0.591. The summed E-state index contributed by atoms with van der Waals surface area (Å²) in [6, 6.07) is 2.86. The van der Waals surface area contributed by atoms with Crippen LogP contribution >= 0.6 is 0 Å². The van der Waals surface area contributed by atoms with E-state index in [1.165, 1.54) is 6.42 Å². The van der Waals surface area contributed by atoms with Gasteiger partial charge in [0.25, 0.3) is 0 Å². The van der Waals surface area contributed by atoms with Crippen molar-refractivity contribution in [3.8, 4) is 6.07 Å². The lowest BCUT2D eigenvalue weighted by Gasteiger charge is -2.22. The summed E-state index contributed by atoms with van der Waals surface area (Å²) in [6.45, 7) is 6.02. The molecule has 0 bridgehead atoms. The average Bonchev–Trinajstić information content (AvgIpc) is 2.52. The minimum absolute atomic E-state index is 0.591. The van der Waals surface area contributed by atoms with E-state index in [2.05, 4.69) is 29.8 Å². The van der Waals surface area contributed by atoms with E-state index in [9.17, 15) is 0 Å². The lowest BCUT2D eigenvalue weighted by Crippen LogP contribution is -2.34. The Bertz CT molecular complexity index is 173. The van der Waals surface area contributed by atoms with E-state index in [4.69, 9.17) is 5.26 Å². The molecule has 1 saturated heterocycles. The standard InChI is InChI=1S/C9H17N3/c1-3-11(2)9-4-6-12(8-9)7-5-10/h9H,3-4,6-8H2,1-2H3. The molecule has 1 aliphatic rings. The monoisotopic (exact) mass is 167 g/mol. The van der Waals surface area contributed by atoms with Gasteiger partial charge in [-0.15, -0.1) is 0 Å². The number of nitriles is 1. The molecule has 0 aromatic heterocycles. The topological polar surface area (TPSA) is 30.3 Å². The van der Waals surface area contributed by atoms with Crippen molar-refractivity contribution >= 4 is 0 Å². The Morgan fingerprint density at radius 3 is 3.00 bits per heavy atom. The van der Waals surface area contributed by atoms with Crippen molar-refractivity contribution in [1.82, 2.24) is 9.80 Å². The number of nitrogens with zero attached hydrogens (tertiary/aromatic N) is 3. The summed E-state index contributed by atoms with van der Waals surface area (Å²) in [5.74, 6) is 0. The average molecular weight is 167 g/mol. The van der Waals surface area contributed by atoms with Crippen molar-refractivity contribution in [2.24, 2.45) is 0 Å².